The van der Waals surface area contributed by atoms with E-state index < -0.39 is 0 Å². The summed E-state index contributed by atoms with van der Waals surface area (Å²) in [4.78, 5) is 3.94. The zero-order valence-electron chi connectivity index (χ0n) is 8.71. The summed E-state index contributed by atoms with van der Waals surface area (Å²) < 4.78 is 8.05. The summed E-state index contributed by atoms with van der Waals surface area (Å²) in [6.45, 7) is 0. The molecule has 0 bridgehead atoms. The van der Waals surface area contributed by atoms with Crippen molar-refractivity contribution in [2.75, 3.05) is 18.6 Å². The maximum Gasteiger partial charge on any atom is 0.183 e. The molecule has 0 aliphatic rings. The first kappa shape index (κ1) is 13.3. The molecule has 16 heavy (non-hydrogen) atoms. The van der Waals surface area contributed by atoms with Gasteiger partial charge in [0.15, 0.2) is 11.4 Å². The predicted octanol–water partition coefficient (Wildman–Crippen LogP) is 1.56. The molecule has 0 aromatic carbocycles. The molecular formula is C8H11N5S3. The van der Waals surface area contributed by atoms with Crippen LogP contribution in [0.3, 0.4) is 0 Å². The Balaban J connectivity index is 2.06. The van der Waals surface area contributed by atoms with E-state index >= 15 is 0 Å². The Bertz CT molecular complexity index is 356. The zero-order valence-corrected chi connectivity index (χ0v) is 11.2. The normalized spacial score (nSPS) is 11.1. The Morgan fingerprint density at radius 1 is 1.69 bits per heavy atom. The van der Waals surface area contributed by atoms with Crippen LogP contribution >= 0.6 is 35.3 Å². The number of nitrogens with one attached hydrogen (secondary N) is 1. The van der Waals surface area contributed by atoms with E-state index in [0.717, 1.165) is 23.0 Å². The Morgan fingerprint density at radius 3 is 3.19 bits per heavy atom. The molecule has 1 aromatic rings. The fraction of sp³-hybridized carbons (Fsp3) is 0.500. The first-order chi connectivity index (χ1) is 7.86. The van der Waals surface area contributed by atoms with E-state index in [1.165, 1.54) is 11.7 Å². The molecule has 0 saturated carbocycles. The predicted molar refractivity (Wildman–Crippen MR) is 70.6 cm³/mol. The molecule has 0 saturated heterocycles. The topological polar surface area (TPSA) is 74.0 Å². The molecule has 0 aliphatic heterocycles. The van der Waals surface area contributed by atoms with Gasteiger partial charge in [0.25, 0.3) is 0 Å². The Morgan fingerprint density at radius 2 is 2.56 bits per heavy atom. The van der Waals surface area contributed by atoms with E-state index in [1.54, 1.807) is 36.8 Å². The van der Waals surface area contributed by atoms with Crippen molar-refractivity contribution in [2.45, 2.75) is 5.75 Å². The van der Waals surface area contributed by atoms with Crippen molar-refractivity contribution in [2.24, 2.45) is 4.99 Å². The Labute approximate surface area is 107 Å². The summed E-state index contributed by atoms with van der Waals surface area (Å²) in [6.07, 6.45) is 3.65. The van der Waals surface area contributed by atoms with Gasteiger partial charge in [0.2, 0.25) is 0 Å². The standard InChI is InChI=1S/C8H11N5S3/c1-10-8(11-6-9)15-3-2-14-5-7-4-12-16-13-7/h4H,2-3,5H2,1H3,(H,10,11). The van der Waals surface area contributed by atoms with Gasteiger partial charge in [0.1, 0.15) is 0 Å². The molecule has 1 rings (SSSR count). The molecular weight excluding hydrogens is 262 g/mol. The Hall–Kier alpha value is -0.780. The lowest BCUT2D eigenvalue weighted by molar-refractivity contribution is 1.26. The second-order valence-corrected chi connectivity index (χ2v) is 5.31. The van der Waals surface area contributed by atoms with Crippen LogP contribution in [0.5, 0.6) is 0 Å². The molecule has 86 valence electrons. The minimum absolute atomic E-state index is 0.665. The fourth-order valence-electron chi connectivity index (χ4n) is 0.826. The number of nitriles is 1. The second-order valence-electron chi connectivity index (χ2n) is 2.57. The van der Waals surface area contributed by atoms with Crippen molar-refractivity contribution in [3.63, 3.8) is 0 Å². The molecule has 1 aromatic heterocycles. The van der Waals surface area contributed by atoms with Gasteiger partial charge >= 0.3 is 0 Å². The molecule has 0 atom stereocenters. The van der Waals surface area contributed by atoms with Crippen LogP contribution in [-0.2, 0) is 5.75 Å². The van der Waals surface area contributed by atoms with Gasteiger partial charge in [-0.1, -0.05) is 11.8 Å². The van der Waals surface area contributed by atoms with Crippen LogP contribution in [0.1, 0.15) is 5.69 Å². The highest BCUT2D eigenvalue weighted by Gasteiger charge is 1.99. The Kier molecular flexibility index (Phi) is 6.96. The highest BCUT2D eigenvalue weighted by atomic mass is 32.2. The molecule has 0 amide bonds. The van der Waals surface area contributed by atoms with Gasteiger partial charge in [0, 0.05) is 24.3 Å². The number of thioether (sulfide) groups is 2. The van der Waals surface area contributed by atoms with Gasteiger partial charge < -0.3 is 0 Å². The molecule has 1 heterocycles. The van der Waals surface area contributed by atoms with Crippen molar-refractivity contribution in [1.82, 2.24) is 14.1 Å². The summed E-state index contributed by atoms with van der Waals surface area (Å²) >= 11 is 4.58. The molecule has 0 aliphatic carbocycles. The first-order valence-corrected chi connectivity index (χ1v) is 7.32. The van der Waals surface area contributed by atoms with Gasteiger partial charge in [-0.15, -0.1) is 0 Å². The van der Waals surface area contributed by atoms with E-state index in [4.69, 9.17) is 5.26 Å². The highest BCUT2D eigenvalue weighted by Crippen LogP contribution is 2.12. The maximum atomic E-state index is 8.42. The number of amidine groups is 1. The molecule has 5 nitrogen and oxygen atoms in total. The van der Waals surface area contributed by atoms with Crippen LogP contribution in [0.4, 0.5) is 0 Å². The van der Waals surface area contributed by atoms with Gasteiger partial charge in [-0.25, -0.2) is 0 Å². The summed E-state index contributed by atoms with van der Waals surface area (Å²) in [6, 6.07) is 0. The van der Waals surface area contributed by atoms with E-state index in [-0.39, 0.29) is 0 Å². The third kappa shape index (κ3) is 5.34. The largest absolute Gasteiger partial charge is 0.272 e. The average Bonchev–Trinajstić information content (AvgIpc) is 2.80. The number of aliphatic imine (C=N–C) groups is 1. The van der Waals surface area contributed by atoms with Crippen LogP contribution in [0, 0.1) is 11.5 Å². The molecule has 0 fully saturated rings. The van der Waals surface area contributed by atoms with Crippen molar-refractivity contribution < 1.29 is 0 Å². The zero-order chi connectivity index (χ0) is 11.6. The quantitative estimate of drug-likeness (QED) is 0.288. The van der Waals surface area contributed by atoms with Gasteiger partial charge in [-0.05, 0) is 0 Å². The van der Waals surface area contributed by atoms with Gasteiger partial charge in [-0.2, -0.15) is 25.8 Å². The fourth-order valence-corrected chi connectivity index (χ4v) is 3.08. The van der Waals surface area contributed by atoms with E-state index in [2.05, 4.69) is 19.1 Å². The molecule has 0 unspecified atom stereocenters. The minimum Gasteiger partial charge on any atom is -0.272 e. The summed E-state index contributed by atoms with van der Waals surface area (Å²) in [5, 5.41) is 11.6. The maximum absolute atomic E-state index is 8.42. The summed E-state index contributed by atoms with van der Waals surface area (Å²) in [5.41, 5.74) is 1.03. The van der Waals surface area contributed by atoms with Crippen LogP contribution < -0.4 is 5.32 Å². The van der Waals surface area contributed by atoms with Crippen LogP contribution in [0.25, 0.3) is 0 Å². The number of aromatic nitrogens is 2. The van der Waals surface area contributed by atoms with Crippen molar-refractivity contribution in [3.05, 3.63) is 11.9 Å². The van der Waals surface area contributed by atoms with Crippen LogP contribution in [0.15, 0.2) is 11.2 Å². The molecule has 0 spiro atoms. The van der Waals surface area contributed by atoms with E-state index in [0.29, 0.717) is 5.17 Å². The van der Waals surface area contributed by atoms with Crippen molar-refractivity contribution >= 4 is 40.4 Å². The lowest BCUT2D eigenvalue weighted by Crippen LogP contribution is -2.14. The highest BCUT2D eigenvalue weighted by molar-refractivity contribution is 8.14. The minimum atomic E-state index is 0.665. The van der Waals surface area contributed by atoms with Crippen molar-refractivity contribution in [1.29, 1.82) is 5.26 Å². The number of hydrogen-bond acceptors (Lipinski definition) is 7. The molecule has 1 N–H and O–H groups in total. The second kappa shape index (κ2) is 8.38. The summed E-state index contributed by atoms with van der Waals surface area (Å²) in [7, 11) is 1.67. The van der Waals surface area contributed by atoms with E-state index in [1.807, 2.05) is 6.19 Å². The SMILES string of the molecule is C/N=C(\NC#N)SCCSCc1cnsn1. The molecule has 8 heteroatoms. The van der Waals surface area contributed by atoms with E-state index in [9.17, 15) is 0 Å². The van der Waals surface area contributed by atoms with Gasteiger partial charge in [-0.3, -0.25) is 10.3 Å². The molecule has 0 radical (unpaired) electrons. The summed E-state index contributed by atoms with van der Waals surface area (Å²) in [5.74, 6) is 2.80. The van der Waals surface area contributed by atoms with Crippen LogP contribution in [-0.4, -0.2) is 32.5 Å². The first-order valence-electron chi connectivity index (χ1n) is 4.45. The number of nitrogens with zero attached hydrogens (tertiary/aromatic N) is 4. The average molecular weight is 273 g/mol. The smallest absolute Gasteiger partial charge is 0.183 e. The van der Waals surface area contributed by atoms with Crippen molar-refractivity contribution in [3.8, 4) is 6.19 Å². The third-order valence-electron chi connectivity index (χ3n) is 1.49. The van der Waals surface area contributed by atoms with Gasteiger partial charge in [0.05, 0.1) is 23.6 Å². The number of rotatable bonds is 5. The lowest BCUT2D eigenvalue weighted by Gasteiger charge is -2.01. The van der Waals surface area contributed by atoms with Crippen LogP contribution in [0.2, 0.25) is 0 Å². The lowest BCUT2D eigenvalue weighted by atomic mass is 10.6. The third-order valence-corrected chi connectivity index (χ3v) is 4.22. The number of hydrogen-bond donors (Lipinski definition) is 1. The monoisotopic (exact) mass is 273 g/mol.